The van der Waals surface area contributed by atoms with Crippen molar-refractivity contribution in [2.45, 2.75) is 51.4 Å². The summed E-state index contributed by atoms with van der Waals surface area (Å²) in [6.07, 6.45) is 8.22. The van der Waals surface area contributed by atoms with Crippen molar-refractivity contribution in [2.75, 3.05) is 0 Å². The van der Waals surface area contributed by atoms with Crippen LogP contribution >= 0.6 is 0 Å². The molecule has 0 saturated heterocycles. The second-order valence-corrected chi connectivity index (χ2v) is 5.00. The van der Waals surface area contributed by atoms with Gasteiger partial charge in [0.1, 0.15) is 5.75 Å². The first-order chi connectivity index (χ1) is 7.81. The predicted octanol–water partition coefficient (Wildman–Crippen LogP) is 4.47. The molecule has 0 radical (unpaired) electrons. The Morgan fingerprint density at radius 2 is 1.75 bits per heavy atom. The fourth-order valence-electron chi connectivity index (χ4n) is 3.10. The van der Waals surface area contributed by atoms with Crippen LogP contribution in [0.4, 0.5) is 0 Å². The van der Waals surface area contributed by atoms with Gasteiger partial charge in [-0.15, -0.1) is 0 Å². The van der Waals surface area contributed by atoms with Gasteiger partial charge in [-0.3, -0.25) is 0 Å². The Kier molecular flexibility index (Phi) is 3.87. The zero-order valence-electron chi connectivity index (χ0n) is 10.2. The van der Waals surface area contributed by atoms with E-state index in [-0.39, 0.29) is 0 Å². The van der Waals surface area contributed by atoms with Gasteiger partial charge in [-0.05, 0) is 48.8 Å². The SMILES string of the molecule is CCC(c1ccc(O)cc1)C1CCCCC1. The summed E-state index contributed by atoms with van der Waals surface area (Å²) in [5, 5.41) is 9.32. The van der Waals surface area contributed by atoms with E-state index in [9.17, 15) is 5.11 Å². The maximum Gasteiger partial charge on any atom is 0.115 e. The van der Waals surface area contributed by atoms with Crippen LogP contribution in [-0.4, -0.2) is 5.11 Å². The highest BCUT2D eigenvalue weighted by molar-refractivity contribution is 5.28. The Morgan fingerprint density at radius 1 is 1.12 bits per heavy atom. The van der Waals surface area contributed by atoms with Crippen molar-refractivity contribution in [1.82, 2.24) is 0 Å². The fourth-order valence-corrected chi connectivity index (χ4v) is 3.10. The molecule has 16 heavy (non-hydrogen) atoms. The van der Waals surface area contributed by atoms with Crippen molar-refractivity contribution in [3.8, 4) is 5.75 Å². The molecule has 1 saturated carbocycles. The molecule has 0 spiro atoms. The van der Waals surface area contributed by atoms with Gasteiger partial charge in [0.2, 0.25) is 0 Å². The molecule has 0 heterocycles. The molecule has 1 fully saturated rings. The summed E-state index contributed by atoms with van der Waals surface area (Å²) in [6, 6.07) is 7.83. The van der Waals surface area contributed by atoms with Gasteiger partial charge in [0.05, 0.1) is 0 Å². The minimum Gasteiger partial charge on any atom is -0.508 e. The molecule has 0 aromatic heterocycles. The molecular formula is C15H22O. The number of phenols is 1. The van der Waals surface area contributed by atoms with E-state index in [2.05, 4.69) is 19.1 Å². The molecule has 1 unspecified atom stereocenters. The number of hydrogen-bond donors (Lipinski definition) is 1. The first-order valence-electron chi connectivity index (χ1n) is 6.60. The van der Waals surface area contributed by atoms with E-state index in [1.807, 2.05) is 12.1 Å². The van der Waals surface area contributed by atoms with Gasteiger partial charge in [0.15, 0.2) is 0 Å². The number of hydrogen-bond acceptors (Lipinski definition) is 1. The Bertz CT molecular complexity index is 309. The molecule has 2 rings (SSSR count). The molecule has 1 atom stereocenters. The average Bonchev–Trinajstić information content (AvgIpc) is 2.34. The second kappa shape index (κ2) is 5.38. The highest BCUT2D eigenvalue weighted by Crippen LogP contribution is 2.38. The van der Waals surface area contributed by atoms with Crippen LogP contribution in [0, 0.1) is 5.92 Å². The molecule has 0 bridgehead atoms. The Labute approximate surface area is 98.5 Å². The monoisotopic (exact) mass is 218 g/mol. The summed E-state index contributed by atoms with van der Waals surface area (Å²) in [5.41, 5.74) is 1.41. The first kappa shape index (κ1) is 11.5. The van der Waals surface area contributed by atoms with Crippen molar-refractivity contribution < 1.29 is 5.11 Å². The highest BCUT2D eigenvalue weighted by atomic mass is 16.3. The van der Waals surface area contributed by atoms with Crippen molar-refractivity contribution in [1.29, 1.82) is 0 Å². The molecule has 1 heteroatoms. The molecule has 88 valence electrons. The van der Waals surface area contributed by atoms with E-state index in [0.717, 1.165) is 5.92 Å². The van der Waals surface area contributed by atoms with Crippen LogP contribution in [0.2, 0.25) is 0 Å². The maximum absolute atomic E-state index is 9.32. The fraction of sp³-hybridized carbons (Fsp3) is 0.600. The van der Waals surface area contributed by atoms with Gasteiger partial charge >= 0.3 is 0 Å². The Morgan fingerprint density at radius 3 is 2.31 bits per heavy atom. The quantitative estimate of drug-likeness (QED) is 0.793. The van der Waals surface area contributed by atoms with Crippen LogP contribution in [-0.2, 0) is 0 Å². The molecule has 1 N–H and O–H groups in total. The summed E-state index contributed by atoms with van der Waals surface area (Å²) >= 11 is 0. The zero-order chi connectivity index (χ0) is 11.4. The van der Waals surface area contributed by atoms with Crippen LogP contribution in [0.5, 0.6) is 5.75 Å². The summed E-state index contributed by atoms with van der Waals surface area (Å²) in [5.74, 6) is 1.94. The topological polar surface area (TPSA) is 20.2 Å². The van der Waals surface area contributed by atoms with Gasteiger partial charge in [0.25, 0.3) is 0 Å². The van der Waals surface area contributed by atoms with Gasteiger partial charge < -0.3 is 5.11 Å². The minimum absolute atomic E-state index is 0.377. The van der Waals surface area contributed by atoms with Crippen molar-refractivity contribution in [3.05, 3.63) is 29.8 Å². The summed E-state index contributed by atoms with van der Waals surface area (Å²) in [7, 11) is 0. The standard InChI is InChI=1S/C15H22O/c1-2-15(12-6-4-3-5-7-12)13-8-10-14(16)11-9-13/h8-12,15-16H,2-7H2,1H3. The molecule has 1 aliphatic carbocycles. The van der Waals surface area contributed by atoms with E-state index < -0.39 is 0 Å². The number of benzene rings is 1. The lowest BCUT2D eigenvalue weighted by atomic mass is 9.76. The van der Waals surface area contributed by atoms with Gasteiger partial charge in [0, 0.05) is 0 Å². The van der Waals surface area contributed by atoms with Crippen molar-refractivity contribution in [2.24, 2.45) is 5.92 Å². The van der Waals surface area contributed by atoms with Gasteiger partial charge in [-0.25, -0.2) is 0 Å². The lowest BCUT2D eigenvalue weighted by molar-refractivity contribution is 0.299. The van der Waals surface area contributed by atoms with Crippen LogP contribution in [0.1, 0.15) is 56.9 Å². The van der Waals surface area contributed by atoms with E-state index in [1.165, 1.54) is 44.1 Å². The molecule has 0 amide bonds. The highest BCUT2D eigenvalue weighted by Gasteiger charge is 2.23. The number of rotatable bonds is 3. The van der Waals surface area contributed by atoms with E-state index in [1.54, 1.807) is 0 Å². The molecule has 1 aliphatic rings. The summed E-state index contributed by atoms with van der Waals surface area (Å²) < 4.78 is 0. The van der Waals surface area contributed by atoms with Crippen molar-refractivity contribution in [3.63, 3.8) is 0 Å². The third kappa shape index (κ3) is 2.58. The maximum atomic E-state index is 9.32. The molecule has 1 aromatic carbocycles. The summed E-state index contributed by atoms with van der Waals surface area (Å²) in [4.78, 5) is 0. The molecular weight excluding hydrogens is 196 g/mol. The molecule has 1 aromatic rings. The molecule has 1 nitrogen and oxygen atoms in total. The lowest BCUT2D eigenvalue weighted by Gasteiger charge is -2.30. The minimum atomic E-state index is 0.377. The first-order valence-corrected chi connectivity index (χ1v) is 6.60. The van der Waals surface area contributed by atoms with Crippen LogP contribution in [0.15, 0.2) is 24.3 Å². The zero-order valence-corrected chi connectivity index (χ0v) is 10.2. The largest absolute Gasteiger partial charge is 0.508 e. The van der Waals surface area contributed by atoms with E-state index in [4.69, 9.17) is 0 Å². The number of phenolic OH excluding ortho intramolecular Hbond substituents is 1. The lowest BCUT2D eigenvalue weighted by Crippen LogP contribution is -2.15. The van der Waals surface area contributed by atoms with Crippen molar-refractivity contribution >= 4 is 0 Å². The summed E-state index contributed by atoms with van der Waals surface area (Å²) in [6.45, 7) is 2.28. The van der Waals surface area contributed by atoms with Gasteiger partial charge in [-0.2, -0.15) is 0 Å². The molecule has 0 aliphatic heterocycles. The Balaban J connectivity index is 2.11. The van der Waals surface area contributed by atoms with Gasteiger partial charge in [-0.1, -0.05) is 38.3 Å². The number of aromatic hydroxyl groups is 1. The van der Waals surface area contributed by atoms with Crippen LogP contribution in [0.3, 0.4) is 0 Å². The van der Waals surface area contributed by atoms with E-state index in [0.29, 0.717) is 11.7 Å². The van der Waals surface area contributed by atoms with Crippen LogP contribution < -0.4 is 0 Å². The van der Waals surface area contributed by atoms with Crippen LogP contribution in [0.25, 0.3) is 0 Å². The van der Waals surface area contributed by atoms with E-state index >= 15 is 0 Å². The normalized spacial score (nSPS) is 19.6. The smallest absolute Gasteiger partial charge is 0.115 e. The Hall–Kier alpha value is -0.980. The second-order valence-electron chi connectivity index (χ2n) is 5.00. The average molecular weight is 218 g/mol. The third-order valence-corrected chi connectivity index (χ3v) is 3.98. The third-order valence-electron chi connectivity index (χ3n) is 3.98. The predicted molar refractivity (Wildman–Crippen MR) is 67.7 cm³/mol.